The van der Waals surface area contributed by atoms with E-state index in [0.29, 0.717) is 5.41 Å². The first-order valence-corrected chi connectivity index (χ1v) is 5.04. The molecule has 0 heteroatoms. The minimum atomic E-state index is 0.413. The molecule has 0 spiro atoms. The van der Waals surface area contributed by atoms with Crippen molar-refractivity contribution in [3.05, 3.63) is 35.9 Å². The SMILES string of the molecule is C[C@@H](Cc1ccccc1)C(C)(C)C. The molecule has 0 saturated heterocycles. The Balaban J connectivity index is 2.61. The molecule has 0 saturated carbocycles. The minimum absolute atomic E-state index is 0.413. The molecule has 0 nitrogen and oxygen atoms in total. The summed E-state index contributed by atoms with van der Waals surface area (Å²) in [6, 6.07) is 10.7. The van der Waals surface area contributed by atoms with Gasteiger partial charge in [0, 0.05) is 0 Å². The van der Waals surface area contributed by atoms with Gasteiger partial charge in [-0.3, -0.25) is 0 Å². The zero-order chi connectivity index (χ0) is 9.90. The summed E-state index contributed by atoms with van der Waals surface area (Å²) in [6.45, 7) is 9.24. The average molecular weight is 176 g/mol. The molecule has 0 aliphatic carbocycles. The van der Waals surface area contributed by atoms with Crippen LogP contribution in [-0.4, -0.2) is 0 Å². The third-order valence-electron chi connectivity index (χ3n) is 2.86. The van der Waals surface area contributed by atoms with E-state index in [4.69, 9.17) is 0 Å². The van der Waals surface area contributed by atoms with Gasteiger partial charge in [0.25, 0.3) is 0 Å². The van der Waals surface area contributed by atoms with Gasteiger partial charge in [0.15, 0.2) is 0 Å². The van der Waals surface area contributed by atoms with Gasteiger partial charge in [-0.1, -0.05) is 58.0 Å². The van der Waals surface area contributed by atoms with Gasteiger partial charge < -0.3 is 0 Å². The summed E-state index contributed by atoms with van der Waals surface area (Å²) in [5, 5.41) is 0. The molecule has 0 bridgehead atoms. The molecule has 0 aliphatic heterocycles. The largest absolute Gasteiger partial charge is 0.0622 e. The van der Waals surface area contributed by atoms with Gasteiger partial charge in [-0.2, -0.15) is 0 Å². The van der Waals surface area contributed by atoms with Gasteiger partial charge in [-0.05, 0) is 23.3 Å². The maximum atomic E-state index is 2.33. The lowest BCUT2D eigenvalue weighted by atomic mass is 9.79. The van der Waals surface area contributed by atoms with Crippen LogP contribution in [0.15, 0.2) is 30.3 Å². The Hall–Kier alpha value is -0.780. The van der Waals surface area contributed by atoms with Crippen LogP contribution in [0.5, 0.6) is 0 Å². The van der Waals surface area contributed by atoms with Gasteiger partial charge in [0.1, 0.15) is 0 Å². The maximum absolute atomic E-state index is 2.33. The van der Waals surface area contributed by atoms with Gasteiger partial charge in [-0.15, -0.1) is 0 Å². The summed E-state index contributed by atoms with van der Waals surface area (Å²) in [5.41, 5.74) is 1.86. The van der Waals surface area contributed by atoms with Crippen LogP contribution in [0.2, 0.25) is 0 Å². The van der Waals surface area contributed by atoms with Crippen LogP contribution >= 0.6 is 0 Å². The fourth-order valence-electron chi connectivity index (χ4n) is 1.27. The van der Waals surface area contributed by atoms with Crippen LogP contribution < -0.4 is 0 Å². The molecule has 0 unspecified atom stereocenters. The van der Waals surface area contributed by atoms with Crippen molar-refractivity contribution in [2.45, 2.75) is 34.1 Å². The monoisotopic (exact) mass is 176 g/mol. The first kappa shape index (κ1) is 10.3. The van der Waals surface area contributed by atoms with Crippen LogP contribution in [0, 0.1) is 11.3 Å². The van der Waals surface area contributed by atoms with Crippen molar-refractivity contribution in [3.8, 4) is 0 Å². The molecule has 0 aliphatic rings. The zero-order valence-electron chi connectivity index (χ0n) is 9.17. The Morgan fingerprint density at radius 1 is 1.08 bits per heavy atom. The lowest BCUT2D eigenvalue weighted by molar-refractivity contribution is 0.260. The molecule has 1 atom stereocenters. The molecule has 0 aromatic heterocycles. The predicted molar refractivity (Wildman–Crippen MR) is 58.8 cm³/mol. The highest BCUT2D eigenvalue weighted by atomic mass is 14.2. The predicted octanol–water partition coefficient (Wildman–Crippen LogP) is 3.91. The van der Waals surface area contributed by atoms with E-state index in [9.17, 15) is 0 Å². The second-order valence-electron chi connectivity index (χ2n) is 4.96. The van der Waals surface area contributed by atoms with E-state index in [1.807, 2.05) is 0 Å². The highest BCUT2D eigenvalue weighted by Crippen LogP contribution is 2.28. The lowest BCUT2D eigenvalue weighted by Crippen LogP contribution is -2.19. The molecular weight excluding hydrogens is 156 g/mol. The van der Waals surface area contributed by atoms with E-state index < -0.39 is 0 Å². The Kier molecular flexibility index (Phi) is 3.13. The third-order valence-corrected chi connectivity index (χ3v) is 2.86. The van der Waals surface area contributed by atoms with Gasteiger partial charge in [-0.25, -0.2) is 0 Å². The number of hydrogen-bond acceptors (Lipinski definition) is 0. The van der Waals surface area contributed by atoms with Crippen molar-refractivity contribution in [1.82, 2.24) is 0 Å². The zero-order valence-corrected chi connectivity index (χ0v) is 9.17. The van der Waals surface area contributed by atoms with Gasteiger partial charge in [0.2, 0.25) is 0 Å². The second-order valence-corrected chi connectivity index (χ2v) is 4.96. The van der Waals surface area contributed by atoms with E-state index in [1.165, 1.54) is 12.0 Å². The highest BCUT2D eigenvalue weighted by Gasteiger charge is 2.19. The first-order chi connectivity index (χ1) is 6.00. The molecule has 1 rings (SSSR count). The quantitative estimate of drug-likeness (QED) is 0.641. The first-order valence-electron chi connectivity index (χ1n) is 5.04. The smallest absolute Gasteiger partial charge is 0.0248 e. The van der Waals surface area contributed by atoms with Crippen molar-refractivity contribution >= 4 is 0 Å². The molecular formula is C13H20. The van der Waals surface area contributed by atoms with E-state index in [0.717, 1.165) is 5.92 Å². The van der Waals surface area contributed by atoms with Crippen molar-refractivity contribution in [2.24, 2.45) is 11.3 Å². The molecule has 0 fully saturated rings. The van der Waals surface area contributed by atoms with Gasteiger partial charge in [0.05, 0.1) is 0 Å². The Labute approximate surface area is 82.0 Å². The van der Waals surface area contributed by atoms with E-state index in [-0.39, 0.29) is 0 Å². The van der Waals surface area contributed by atoms with E-state index >= 15 is 0 Å². The summed E-state index contributed by atoms with van der Waals surface area (Å²) in [5.74, 6) is 0.731. The third kappa shape index (κ3) is 3.22. The summed E-state index contributed by atoms with van der Waals surface area (Å²) >= 11 is 0. The fraction of sp³-hybridized carbons (Fsp3) is 0.538. The normalized spacial score (nSPS) is 14.2. The van der Waals surface area contributed by atoms with Crippen LogP contribution in [0.1, 0.15) is 33.3 Å². The Bertz CT molecular complexity index is 240. The standard InChI is InChI=1S/C13H20/c1-11(13(2,3)4)10-12-8-6-5-7-9-12/h5-9,11H,10H2,1-4H3/t11-/m0/s1. The van der Waals surface area contributed by atoms with Crippen LogP contribution in [0.4, 0.5) is 0 Å². The topological polar surface area (TPSA) is 0 Å². The number of benzene rings is 1. The van der Waals surface area contributed by atoms with Crippen molar-refractivity contribution in [3.63, 3.8) is 0 Å². The maximum Gasteiger partial charge on any atom is -0.0248 e. The average Bonchev–Trinajstić information content (AvgIpc) is 2.04. The molecule has 0 heterocycles. The molecule has 0 amide bonds. The second kappa shape index (κ2) is 3.95. The Morgan fingerprint density at radius 2 is 1.62 bits per heavy atom. The summed E-state index contributed by atoms with van der Waals surface area (Å²) in [4.78, 5) is 0. The molecule has 0 radical (unpaired) electrons. The lowest BCUT2D eigenvalue weighted by Gasteiger charge is -2.27. The van der Waals surface area contributed by atoms with Crippen molar-refractivity contribution in [2.75, 3.05) is 0 Å². The molecule has 0 N–H and O–H groups in total. The number of hydrogen-bond donors (Lipinski definition) is 0. The van der Waals surface area contributed by atoms with E-state index in [1.54, 1.807) is 0 Å². The van der Waals surface area contributed by atoms with Crippen LogP contribution in [-0.2, 0) is 6.42 Å². The molecule has 1 aromatic rings. The fourth-order valence-corrected chi connectivity index (χ4v) is 1.27. The molecule has 72 valence electrons. The summed E-state index contributed by atoms with van der Waals surface area (Å²) in [7, 11) is 0. The van der Waals surface area contributed by atoms with Crippen molar-refractivity contribution < 1.29 is 0 Å². The Morgan fingerprint density at radius 3 is 2.08 bits per heavy atom. The van der Waals surface area contributed by atoms with Crippen LogP contribution in [0.25, 0.3) is 0 Å². The highest BCUT2D eigenvalue weighted by molar-refractivity contribution is 5.15. The number of rotatable bonds is 2. The minimum Gasteiger partial charge on any atom is -0.0622 e. The van der Waals surface area contributed by atoms with E-state index in [2.05, 4.69) is 58.0 Å². The molecule has 13 heavy (non-hydrogen) atoms. The molecule has 1 aromatic carbocycles. The van der Waals surface area contributed by atoms with Crippen LogP contribution in [0.3, 0.4) is 0 Å². The van der Waals surface area contributed by atoms with Gasteiger partial charge >= 0.3 is 0 Å². The van der Waals surface area contributed by atoms with Crippen molar-refractivity contribution in [1.29, 1.82) is 0 Å². The summed E-state index contributed by atoms with van der Waals surface area (Å²) < 4.78 is 0. The summed E-state index contributed by atoms with van der Waals surface area (Å²) in [6.07, 6.45) is 1.18.